The lowest BCUT2D eigenvalue weighted by atomic mass is 9.93. The second kappa shape index (κ2) is 12.1. The molecular formula is C38H41FN2O4Si. The molecule has 4 aromatic carbocycles. The van der Waals surface area contributed by atoms with Crippen LogP contribution in [0, 0.1) is 5.92 Å². The van der Waals surface area contributed by atoms with Gasteiger partial charge in [-0.15, -0.1) is 0 Å². The van der Waals surface area contributed by atoms with E-state index in [0.29, 0.717) is 25.8 Å². The number of amides is 2. The van der Waals surface area contributed by atoms with Crippen LogP contribution in [0.4, 0.5) is 15.5 Å². The van der Waals surface area contributed by atoms with E-state index in [1.807, 2.05) is 66.7 Å². The zero-order chi connectivity index (χ0) is 32.2. The molecule has 0 spiro atoms. The smallest absolute Gasteiger partial charge is 0.263 e. The third-order valence-corrected chi connectivity index (χ3v) is 12.9. The van der Waals surface area contributed by atoms with Gasteiger partial charge < -0.3 is 18.9 Å². The molecule has 5 atom stereocenters. The number of ether oxygens (including phenoxy) is 1. The molecule has 0 aliphatic carbocycles. The molecule has 0 bridgehead atoms. The quantitative estimate of drug-likeness (QED) is 0.162. The molecule has 2 amide bonds. The summed E-state index contributed by atoms with van der Waals surface area (Å²) in [6.07, 6.45) is 1.44. The summed E-state index contributed by atoms with van der Waals surface area (Å²) in [4.78, 5) is 30.8. The van der Waals surface area contributed by atoms with Crippen LogP contribution in [0.1, 0.15) is 46.8 Å². The Labute approximate surface area is 271 Å². The maximum Gasteiger partial charge on any atom is 0.263 e. The number of carbonyl (C=O) groups is 2. The number of hydrogen-bond donors (Lipinski definition) is 1. The fraction of sp³-hybridized carbons (Fsp3) is 0.368. The molecule has 1 N–H and O–H groups in total. The van der Waals surface area contributed by atoms with Gasteiger partial charge in [-0.05, 0) is 84.6 Å². The Morgan fingerprint density at radius 1 is 0.978 bits per heavy atom. The van der Waals surface area contributed by atoms with E-state index in [-0.39, 0.29) is 48.4 Å². The second-order valence-electron chi connectivity index (χ2n) is 13.7. The third kappa shape index (κ3) is 5.46. The summed E-state index contributed by atoms with van der Waals surface area (Å²) < 4.78 is 22.5. The molecule has 0 unspecified atom stereocenters. The average Bonchev–Trinajstić information content (AvgIpc) is 3.52. The molecule has 0 aromatic heterocycles. The molecule has 4 aromatic rings. The van der Waals surface area contributed by atoms with Gasteiger partial charge in [0, 0.05) is 23.2 Å². The average molecular weight is 637 g/mol. The highest BCUT2D eigenvalue weighted by molar-refractivity contribution is 6.72. The first-order valence-electron chi connectivity index (χ1n) is 16.4. The first kappa shape index (κ1) is 30.8. The van der Waals surface area contributed by atoms with E-state index in [1.54, 1.807) is 22.9 Å². The standard InChI is InChI=1S/C38H41FN2O4Si/c1-24-33(18-17-25-9-6-14-29(19-25)41-32-16-8-13-26-12-7-15-31(36(26)32)38(41)44)45-34(37(24)46(2,3)39)21-35(43)40-22-28-11-5-4-10-27(28)20-30(40)23-42/h4-16,19,24,30,33-34,37,42H,17-18,20-23H2,1-3H3/t24-,30-,33+,34-,37+/m0/s1. The summed E-state index contributed by atoms with van der Waals surface area (Å²) in [5, 5.41) is 12.2. The fourth-order valence-corrected chi connectivity index (χ4v) is 10.8. The maximum absolute atomic E-state index is 15.9. The van der Waals surface area contributed by atoms with Gasteiger partial charge in [0.2, 0.25) is 14.3 Å². The largest absolute Gasteiger partial charge is 0.394 e. The molecule has 3 aliphatic heterocycles. The molecule has 7 rings (SSSR count). The first-order chi connectivity index (χ1) is 22.1. The summed E-state index contributed by atoms with van der Waals surface area (Å²) in [7, 11) is -3.18. The van der Waals surface area contributed by atoms with E-state index in [9.17, 15) is 14.7 Å². The van der Waals surface area contributed by atoms with Crippen molar-refractivity contribution in [1.82, 2.24) is 4.90 Å². The van der Waals surface area contributed by atoms with Crippen LogP contribution < -0.4 is 4.90 Å². The van der Waals surface area contributed by atoms with Crippen LogP contribution in [-0.4, -0.2) is 55.1 Å². The van der Waals surface area contributed by atoms with Crippen molar-refractivity contribution in [2.24, 2.45) is 5.92 Å². The lowest BCUT2D eigenvalue weighted by Gasteiger charge is -2.37. The summed E-state index contributed by atoms with van der Waals surface area (Å²) in [5.41, 5.74) is 5.46. The number of fused-ring (bicyclic) bond motifs is 1. The van der Waals surface area contributed by atoms with E-state index < -0.39 is 14.5 Å². The van der Waals surface area contributed by atoms with Crippen LogP contribution in [0.5, 0.6) is 0 Å². The Kier molecular flexibility index (Phi) is 8.07. The van der Waals surface area contributed by atoms with E-state index in [4.69, 9.17) is 4.74 Å². The highest BCUT2D eigenvalue weighted by Crippen LogP contribution is 2.47. The van der Waals surface area contributed by atoms with E-state index in [1.165, 1.54) is 0 Å². The second-order valence-corrected chi connectivity index (χ2v) is 17.5. The topological polar surface area (TPSA) is 70.1 Å². The minimum atomic E-state index is -3.18. The number of aryl methyl sites for hydroxylation is 1. The normalized spacial score (nSPS) is 24.1. The monoisotopic (exact) mass is 636 g/mol. The summed E-state index contributed by atoms with van der Waals surface area (Å²) >= 11 is 0. The molecule has 3 aliphatic rings. The van der Waals surface area contributed by atoms with Crippen LogP contribution in [-0.2, 0) is 28.9 Å². The van der Waals surface area contributed by atoms with Crippen molar-refractivity contribution in [1.29, 1.82) is 0 Å². The number of anilines is 2. The van der Waals surface area contributed by atoms with Gasteiger partial charge in [-0.3, -0.25) is 14.5 Å². The van der Waals surface area contributed by atoms with Crippen LogP contribution in [0.25, 0.3) is 10.8 Å². The van der Waals surface area contributed by atoms with Gasteiger partial charge in [-0.1, -0.05) is 67.6 Å². The Morgan fingerprint density at radius 3 is 2.48 bits per heavy atom. The Bertz CT molecular complexity index is 1800. The zero-order valence-electron chi connectivity index (χ0n) is 26.7. The minimum absolute atomic E-state index is 0.0252. The van der Waals surface area contributed by atoms with Crippen molar-refractivity contribution in [2.45, 2.75) is 76.0 Å². The Morgan fingerprint density at radius 2 is 1.72 bits per heavy atom. The van der Waals surface area contributed by atoms with Crippen molar-refractivity contribution >= 4 is 42.4 Å². The van der Waals surface area contributed by atoms with Crippen LogP contribution in [0.3, 0.4) is 0 Å². The number of aliphatic hydroxyl groups is 1. The van der Waals surface area contributed by atoms with E-state index >= 15 is 4.11 Å². The molecule has 0 saturated carbocycles. The van der Waals surface area contributed by atoms with Gasteiger partial charge in [-0.25, -0.2) is 0 Å². The molecule has 0 radical (unpaired) electrons. The van der Waals surface area contributed by atoms with Gasteiger partial charge in [-0.2, -0.15) is 0 Å². The third-order valence-electron chi connectivity index (χ3n) is 10.4. The van der Waals surface area contributed by atoms with E-state index in [2.05, 4.69) is 25.1 Å². The number of benzene rings is 4. The lowest BCUT2D eigenvalue weighted by Crippen LogP contribution is -2.48. The fourth-order valence-electron chi connectivity index (χ4n) is 8.24. The van der Waals surface area contributed by atoms with Crippen molar-refractivity contribution in [3.8, 4) is 0 Å². The van der Waals surface area contributed by atoms with Crippen LogP contribution >= 0.6 is 0 Å². The summed E-state index contributed by atoms with van der Waals surface area (Å²) in [5.74, 6) is -0.146. The summed E-state index contributed by atoms with van der Waals surface area (Å²) in [6.45, 7) is 5.85. The maximum atomic E-state index is 15.9. The van der Waals surface area contributed by atoms with Crippen molar-refractivity contribution in [3.63, 3.8) is 0 Å². The minimum Gasteiger partial charge on any atom is -0.394 e. The number of halogens is 1. The predicted molar refractivity (Wildman–Crippen MR) is 182 cm³/mol. The van der Waals surface area contributed by atoms with Gasteiger partial charge >= 0.3 is 0 Å². The first-order valence-corrected chi connectivity index (χ1v) is 19.4. The highest BCUT2D eigenvalue weighted by atomic mass is 28.4. The van der Waals surface area contributed by atoms with Crippen LogP contribution in [0.15, 0.2) is 84.9 Å². The van der Waals surface area contributed by atoms with Gasteiger partial charge in [0.05, 0.1) is 42.5 Å². The van der Waals surface area contributed by atoms with Crippen LogP contribution in [0.2, 0.25) is 18.6 Å². The number of hydrogen-bond acceptors (Lipinski definition) is 4. The van der Waals surface area contributed by atoms with Gasteiger partial charge in [0.1, 0.15) is 0 Å². The molecule has 46 heavy (non-hydrogen) atoms. The van der Waals surface area contributed by atoms with Crippen molar-refractivity contribution in [2.75, 3.05) is 11.5 Å². The number of carbonyl (C=O) groups excluding carboxylic acids is 2. The number of aliphatic hydroxyl groups excluding tert-OH is 1. The number of rotatable bonds is 8. The molecule has 1 saturated heterocycles. The highest BCUT2D eigenvalue weighted by Gasteiger charge is 2.52. The Balaban J connectivity index is 1.06. The van der Waals surface area contributed by atoms with Gasteiger partial charge in [0.25, 0.3) is 5.91 Å². The van der Waals surface area contributed by atoms with Crippen molar-refractivity contribution < 1.29 is 23.5 Å². The number of nitrogens with zero attached hydrogens (tertiary/aromatic N) is 2. The molecular weight excluding hydrogens is 596 g/mol. The zero-order valence-corrected chi connectivity index (χ0v) is 27.7. The predicted octanol–water partition coefficient (Wildman–Crippen LogP) is 7.35. The molecule has 238 valence electrons. The molecule has 1 fully saturated rings. The van der Waals surface area contributed by atoms with Gasteiger partial charge in [0.15, 0.2) is 0 Å². The van der Waals surface area contributed by atoms with E-state index in [0.717, 1.165) is 44.4 Å². The molecule has 8 heteroatoms. The summed E-state index contributed by atoms with van der Waals surface area (Å²) in [6, 6.07) is 27.7. The lowest BCUT2D eigenvalue weighted by molar-refractivity contribution is -0.138. The van der Waals surface area contributed by atoms with Crippen molar-refractivity contribution in [3.05, 3.63) is 107 Å². The SMILES string of the molecule is C[C@@H]1[C@@H]([Si](C)(C)F)[C@H](CC(=O)N2Cc3ccccc3C[C@H]2CO)O[C@@H]1CCc1cccc(N2C(=O)c3cccc4cccc2c34)c1. The molecule has 6 nitrogen and oxygen atoms in total. The Hall–Kier alpha value is -3.85. The molecule has 3 heterocycles.